The summed E-state index contributed by atoms with van der Waals surface area (Å²) in [6, 6.07) is 7.42. The van der Waals surface area contributed by atoms with E-state index >= 15 is 0 Å². The molecule has 10 nitrogen and oxygen atoms in total. The SMILES string of the molecule is C=CCN(CC=C)C(=O)/C(N)=C1\S[C@H](CNc2ccc(NC(=O)CCN3CCN(C)CC3)cc2)C(=O)N1CC. The summed E-state index contributed by atoms with van der Waals surface area (Å²) in [7, 11) is 2.12. The van der Waals surface area contributed by atoms with Gasteiger partial charge in [-0.05, 0) is 38.2 Å². The number of carbonyl (C=O) groups excluding carboxylic acids is 3. The van der Waals surface area contributed by atoms with Gasteiger partial charge in [-0.2, -0.15) is 0 Å². The van der Waals surface area contributed by atoms with E-state index in [-0.39, 0.29) is 23.4 Å². The van der Waals surface area contributed by atoms with E-state index in [2.05, 4.69) is 40.6 Å². The summed E-state index contributed by atoms with van der Waals surface area (Å²) in [4.78, 5) is 46.1. The van der Waals surface area contributed by atoms with Crippen molar-refractivity contribution < 1.29 is 14.4 Å². The van der Waals surface area contributed by atoms with E-state index < -0.39 is 5.25 Å². The molecule has 3 amide bonds. The van der Waals surface area contributed by atoms with Crippen LogP contribution in [0, 0.1) is 0 Å². The third kappa shape index (κ3) is 8.35. The Morgan fingerprint density at radius 2 is 1.72 bits per heavy atom. The first-order valence-electron chi connectivity index (χ1n) is 13.3. The maximum absolute atomic E-state index is 13.0. The predicted octanol–water partition coefficient (Wildman–Crippen LogP) is 1.97. The van der Waals surface area contributed by atoms with Crippen molar-refractivity contribution in [2.75, 3.05) is 76.6 Å². The monoisotopic (exact) mass is 555 g/mol. The minimum absolute atomic E-state index is 0.00607. The molecule has 0 spiro atoms. The summed E-state index contributed by atoms with van der Waals surface area (Å²) in [5, 5.41) is 6.30. The highest BCUT2D eigenvalue weighted by atomic mass is 32.2. The molecule has 1 atom stereocenters. The summed E-state index contributed by atoms with van der Waals surface area (Å²) in [6.07, 6.45) is 3.71. The Hall–Kier alpha value is -3.28. The van der Waals surface area contributed by atoms with Crippen molar-refractivity contribution in [3.8, 4) is 0 Å². The highest BCUT2D eigenvalue weighted by Crippen LogP contribution is 2.36. The number of piperazine rings is 1. The topological polar surface area (TPSA) is 114 Å². The molecule has 39 heavy (non-hydrogen) atoms. The zero-order valence-electron chi connectivity index (χ0n) is 23.0. The first-order chi connectivity index (χ1) is 18.8. The van der Waals surface area contributed by atoms with Gasteiger partial charge < -0.3 is 36.0 Å². The molecule has 0 aromatic heterocycles. The van der Waals surface area contributed by atoms with E-state index in [0.717, 1.165) is 44.1 Å². The van der Waals surface area contributed by atoms with Crippen molar-refractivity contribution in [2.45, 2.75) is 18.6 Å². The number of thioether (sulfide) groups is 1. The number of anilines is 2. The lowest BCUT2D eigenvalue weighted by Crippen LogP contribution is -2.45. The second-order valence-electron chi connectivity index (χ2n) is 9.60. The first kappa shape index (κ1) is 30.3. The van der Waals surface area contributed by atoms with Gasteiger partial charge in [0.1, 0.15) is 16.0 Å². The molecule has 2 saturated heterocycles. The molecule has 1 aromatic carbocycles. The number of amides is 3. The minimum atomic E-state index is -0.424. The molecular weight excluding hydrogens is 514 g/mol. The summed E-state index contributed by atoms with van der Waals surface area (Å²) < 4.78 is 0. The first-order valence-corrected chi connectivity index (χ1v) is 14.2. The molecule has 2 aliphatic heterocycles. The Morgan fingerprint density at radius 1 is 1.10 bits per heavy atom. The van der Waals surface area contributed by atoms with E-state index in [0.29, 0.717) is 37.6 Å². The fourth-order valence-corrected chi connectivity index (χ4v) is 5.64. The Bertz CT molecular complexity index is 1060. The van der Waals surface area contributed by atoms with Crippen LogP contribution in [0.2, 0.25) is 0 Å². The standard InChI is InChI=1S/C28H41N7O3S/c1-5-13-34(14-6-2)27(38)25(29)28-35(7-3)26(37)23(39-28)20-30-21-8-10-22(11-9-21)31-24(36)12-15-33-18-16-32(4)17-19-33/h5-6,8-11,23,30H,1-2,7,12-20,29H2,3-4H3,(H,31,36)/b28-25+/t23-/m1/s1. The van der Waals surface area contributed by atoms with Gasteiger partial charge in [0.15, 0.2) is 0 Å². The summed E-state index contributed by atoms with van der Waals surface area (Å²) >= 11 is 1.30. The van der Waals surface area contributed by atoms with Crippen molar-refractivity contribution in [3.63, 3.8) is 0 Å². The lowest BCUT2D eigenvalue weighted by Gasteiger charge is -2.32. The number of carbonyl (C=O) groups is 3. The maximum Gasteiger partial charge on any atom is 0.273 e. The van der Waals surface area contributed by atoms with E-state index in [4.69, 9.17) is 5.73 Å². The van der Waals surface area contributed by atoms with Gasteiger partial charge in [-0.1, -0.05) is 23.9 Å². The normalized spacial score (nSPS) is 19.5. The van der Waals surface area contributed by atoms with Crippen molar-refractivity contribution in [2.24, 2.45) is 5.73 Å². The van der Waals surface area contributed by atoms with Crippen molar-refractivity contribution >= 4 is 40.9 Å². The number of hydrogen-bond acceptors (Lipinski definition) is 8. The van der Waals surface area contributed by atoms with Gasteiger partial charge in [-0.25, -0.2) is 0 Å². The molecule has 11 heteroatoms. The number of benzene rings is 1. The Morgan fingerprint density at radius 3 is 2.31 bits per heavy atom. The van der Waals surface area contributed by atoms with Gasteiger partial charge in [0.25, 0.3) is 5.91 Å². The molecule has 0 unspecified atom stereocenters. The third-order valence-corrected chi connectivity index (χ3v) is 8.03. The number of likely N-dealkylation sites (N-methyl/N-ethyl adjacent to an activating group) is 1. The van der Waals surface area contributed by atoms with Crippen LogP contribution in [0.25, 0.3) is 0 Å². The lowest BCUT2D eigenvalue weighted by atomic mass is 10.2. The van der Waals surface area contributed by atoms with E-state index in [1.165, 1.54) is 16.7 Å². The minimum Gasteiger partial charge on any atom is -0.392 e. The van der Waals surface area contributed by atoms with Crippen LogP contribution >= 0.6 is 11.8 Å². The highest BCUT2D eigenvalue weighted by Gasteiger charge is 2.38. The highest BCUT2D eigenvalue weighted by molar-refractivity contribution is 8.04. The molecule has 3 rings (SSSR count). The van der Waals surface area contributed by atoms with Crippen LogP contribution in [-0.4, -0.2) is 109 Å². The van der Waals surface area contributed by atoms with E-state index in [9.17, 15) is 14.4 Å². The quantitative estimate of drug-likeness (QED) is 0.250. The zero-order valence-corrected chi connectivity index (χ0v) is 23.8. The molecule has 2 aliphatic rings. The van der Waals surface area contributed by atoms with Crippen LogP contribution in [0.3, 0.4) is 0 Å². The van der Waals surface area contributed by atoms with Crippen LogP contribution < -0.4 is 16.4 Å². The second-order valence-corrected chi connectivity index (χ2v) is 10.8. The van der Waals surface area contributed by atoms with Gasteiger partial charge in [-0.15, -0.1) is 13.2 Å². The summed E-state index contributed by atoms with van der Waals surface area (Å²) in [6.45, 7) is 15.5. The summed E-state index contributed by atoms with van der Waals surface area (Å²) in [5.41, 5.74) is 7.86. The number of nitrogens with one attached hydrogen (secondary N) is 2. The molecular formula is C28H41N7O3S. The lowest BCUT2D eigenvalue weighted by molar-refractivity contribution is -0.127. The van der Waals surface area contributed by atoms with Crippen LogP contribution in [0.15, 0.2) is 60.3 Å². The fourth-order valence-electron chi connectivity index (χ4n) is 4.41. The number of rotatable bonds is 13. The van der Waals surface area contributed by atoms with Gasteiger partial charge in [0.05, 0.1) is 0 Å². The number of nitrogens with zero attached hydrogens (tertiary/aromatic N) is 4. The van der Waals surface area contributed by atoms with Crippen LogP contribution in [0.5, 0.6) is 0 Å². The van der Waals surface area contributed by atoms with Crippen LogP contribution in [-0.2, 0) is 14.4 Å². The molecule has 0 radical (unpaired) electrons. The Kier molecular flexibility index (Phi) is 11.5. The number of nitrogens with two attached hydrogens (primary N) is 1. The van der Waals surface area contributed by atoms with Gasteiger partial charge in [-0.3, -0.25) is 14.4 Å². The van der Waals surface area contributed by atoms with Gasteiger partial charge >= 0.3 is 0 Å². The molecule has 2 heterocycles. The van der Waals surface area contributed by atoms with E-state index in [1.54, 1.807) is 17.1 Å². The zero-order chi connectivity index (χ0) is 28.4. The molecule has 2 fully saturated rings. The van der Waals surface area contributed by atoms with Crippen LogP contribution in [0.4, 0.5) is 11.4 Å². The average Bonchev–Trinajstić information content (AvgIpc) is 3.26. The molecule has 0 saturated carbocycles. The molecule has 0 aliphatic carbocycles. The third-order valence-electron chi connectivity index (χ3n) is 6.71. The van der Waals surface area contributed by atoms with Gasteiger partial charge in [0, 0.05) is 76.7 Å². The Balaban J connectivity index is 1.53. The van der Waals surface area contributed by atoms with Crippen molar-refractivity contribution in [3.05, 3.63) is 60.3 Å². The number of hydrogen-bond donors (Lipinski definition) is 3. The van der Waals surface area contributed by atoms with Gasteiger partial charge in [0.2, 0.25) is 11.8 Å². The largest absolute Gasteiger partial charge is 0.392 e. The van der Waals surface area contributed by atoms with E-state index in [1.807, 2.05) is 31.2 Å². The predicted molar refractivity (Wildman–Crippen MR) is 159 cm³/mol. The molecule has 1 aromatic rings. The fraction of sp³-hybridized carbons (Fsp3) is 0.464. The second kappa shape index (κ2) is 14.8. The molecule has 0 bridgehead atoms. The van der Waals surface area contributed by atoms with Crippen molar-refractivity contribution in [1.29, 1.82) is 0 Å². The molecule has 212 valence electrons. The summed E-state index contributed by atoms with van der Waals surface area (Å²) in [5.74, 6) is -0.448. The Labute approximate surface area is 235 Å². The average molecular weight is 556 g/mol. The molecule has 4 N–H and O–H groups in total. The van der Waals surface area contributed by atoms with Crippen molar-refractivity contribution in [1.82, 2.24) is 19.6 Å². The smallest absolute Gasteiger partial charge is 0.273 e. The van der Waals surface area contributed by atoms with Crippen LogP contribution in [0.1, 0.15) is 13.3 Å². The maximum atomic E-state index is 13.0.